The fraction of sp³-hybridized carbons (Fsp3) is 0.240. The molecule has 0 spiro atoms. The summed E-state index contributed by atoms with van der Waals surface area (Å²) in [5.74, 6) is 0.292. The SMILES string of the molecule is COc1ccc(S(=O)(=O)N(CC(=O)N2CCCC2c2ccccc2)c2cccc(Cl)c2)cc1. The van der Waals surface area contributed by atoms with Gasteiger partial charge in [0.15, 0.2) is 0 Å². The van der Waals surface area contributed by atoms with Crippen LogP contribution in [0.5, 0.6) is 5.75 Å². The summed E-state index contributed by atoms with van der Waals surface area (Å²) in [6, 6.07) is 22.4. The Bertz CT molecular complexity index is 1220. The maximum atomic E-state index is 13.6. The number of carbonyl (C=O) groups is 1. The van der Waals surface area contributed by atoms with Crippen molar-refractivity contribution >= 4 is 33.2 Å². The van der Waals surface area contributed by atoms with E-state index in [-0.39, 0.29) is 23.4 Å². The lowest BCUT2D eigenvalue weighted by Gasteiger charge is -2.30. The van der Waals surface area contributed by atoms with Gasteiger partial charge in [-0.25, -0.2) is 8.42 Å². The van der Waals surface area contributed by atoms with Crippen LogP contribution in [0.2, 0.25) is 5.02 Å². The Kier molecular flexibility index (Phi) is 6.91. The van der Waals surface area contributed by atoms with Gasteiger partial charge in [-0.15, -0.1) is 0 Å². The van der Waals surface area contributed by atoms with Gasteiger partial charge in [-0.3, -0.25) is 9.10 Å². The Morgan fingerprint density at radius 3 is 2.45 bits per heavy atom. The minimum atomic E-state index is -4.03. The first kappa shape index (κ1) is 23.1. The molecular weight excluding hydrogens is 460 g/mol. The maximum Gasteiger partial charge on any atom is 0.264 e. The van der Waals surface area contributed by atoms with Crippen LogP contribution in [0, 0.1) is 0 Å². The predicted molar refractivity (Wildman–Crippen MR) is 129 cm³/mol. The quantitative estimate of drug-likeness (QED) is 0.478. The third kappa shape index (κ3) is 4.99. The fourth-order valence-corrected chi connectivity index (χ4v) is 5.71. The first-order valence-electron chi connectivity index (χ1n) is 10.7. The Morgan fingerprint density at radius 2 is 1.79 bits per heavy atom. The first-order valence-corrected chi connectivity index (χ1v) is 12.5. The van der Waals surface area contributed by atoms with Crippen molar-refractivity contribution in [2.24, 2.45) is 0 Å². The number of amides is 1. The normalized spacial score (nSPS) is 15.9. The summed E-state index contributed by atoms with van der Waals surface area (Å²) in [7, 11) is -2.52. The van der Waals surface area contributed by atoms with Crippen LogP contribution in [-0.4, -0.2) is 39.4 Å². The molecule has 6 nitrogen and oxygen atoms in total. The fourth-order valence-electron chi connectivity index (χ4n) is 4.12. The Morgan fingerprint density at radius 1 is 1.06 bits per heavy atom. The number of halogens is 1. The number of hydrogen-bond donors (Lipinski definition) is 0. The van der Waals surface area contributed by atoms with Crippen molar-refractivity contribution in [2.75, 3.05) is 24.5 Å². The number of likely N-dealkylation sites (tertiary alicyclic amines) is 1. The minimum Gasteiger partial charge on any atom is -0.497 e. The van der Waals surface area contributed by atoms with Gasteiger partial charge in [-0.1, -0.05) is 48.0 Å². The highest BCUT2D eigenvalue weighted by Crippen LogP contribution is 2.33. The number of benzene rings is 3. The molecule has 1 heterocycles. The van der Waals surface area contributed by atoms with Gasteiger partial charge in [0, 0.05) is 11.6 Å². The van der Waals surface area contributed by atoms with Gasteiger partial charge in [0.1, 0.15) is 12.3 Å². The van der Waals surface area contributed by atoms with Gasteiger partial charge in [-0.05, 0) is 60.9 Å². The van der Waals surface area contributed by atoms with Gasteiger partial charge in [0.25, 0.3) is 10.0 Å². The number of ether oxygens (including phenoxy) is 1. The zero-order valence-corrected chi connectivity index (χ0v) is 19.8. The topological polar surface area (TPSA) is 66.9 Å². The summed E-state index contributed by atoms with van der Waals surface area (Å²) in [4.78, 5) is 15.3. The van der Waals surface area contributed by atoms with Crippen LogP contribution in [0.3, 0.4) is 0 Å². The molecule has 1 aliphatic heterocycles. The van der Waals surface area contributed by atoms with E-state index in [1.807, 2.05) is 30.3 Å². The van der Waals surface area contributed by atoms with Crippen molar-refractivity contribution in [3.63, 3.8) is 0 Å². The van der Waals surface area contributed by atoms with Gasteiger partial charge in [0.05, 0.1) is 23.7 Å². The number of hydrogen-bond acceptors (Lipinski definition) is 4. The molecule has 0 aromatic heterocycles. The first-order chi connectivity index (χ1) is 15.9. The maximum absolute atomic E-state index is 13.6. The van der Waals surface area contributed by atoms with E-state index < -0.39 is 10.0 Å². The number of sulfonamides is 1. The third-order valence-electron chi connectivity index (χ3n) is 5.78. The molecule has 33 heavy (non-hydrogen) atoms. The molecule has 1 fully saturated rings. The molecule has 0 bridgehead atoms. The van der Waals surface area contributed by atoms with Gasteiger partial charge in [0.2, 0.25) is 5.91 Å². The van der Waals surface area contributed by atoms with Crippen LogP contribution in [0.4, 0.5) is 5.69 Å². The summed E-state index contributed by atoms with van der Waals surface area (Å²) in [6.45, 7) is 0.266. The monoisotopic (exact) mass is 484 g/mol. The lowest BCUT2D eigenvalue weighted by Crippen LogP contribution is -2.42. The molecule has 4 rings (SSSR count). The van der Waals surface area contributed by atoms with Crippen molar-refractivity contribution in [3.8, 4) is 5.75 Å². The smallest absolute Gasteiger partial charge is 0.264 e. The number of carbonyl (C=O) groups excluding carboxylic acids is 1. The van der Waals surface area contributed by atoms with Crippen molar-refractivity contribution in [1.29, 1.82) is 0 Å². The summed E-state index contributed by atoms with van der Waals surface area (Å²) in [6.07, 6.45) is 1.71. The highest BCUT2D eigenvalue weighted by Gasteiger charge is 2.34. The van der Waals surface area contributed by atoms with Crippen molar-refractivity contribution in [3.05, 3.63) is 89.4 Å². The van der Waals surface area contributed by atoms with E-state index in [1.54, 1.807) is 41.3 Å². The Labute approximate surface area is 199 Å². The molecule has 1 amide bonds. The minimum absolute atomic E-state index is 0.0661. The lowest BCUT2D eigenvalue weighted by atomic mass is 10.0. The summed E-state index contributed by atoms with van der Waals surface area (Å²) >= 11 is 6.16. The second-order valence-corrected chi connectivity index (χ2v) is 10.1. The predicted octanol–water partition coefficient (Wildman–Crippen LogP) is 4.91. The second-order valence-electron chi connectivity index (χ2n) is 7.82. The highest BCUT2D eigenvalue weighted by molar-refractivity contribution is 7.92. The number of rotatable bonds is 7. The standard InChI is InChI=1S/C25H25ClN2O4S/c1-32-22-12-14-23(15-13-22)33(30,31)28(21-10-5-9-20(26)17-21)18-25(29)27-16-6-11-24(27)19-7-3-2-4-8-19/h2-5,7-10,12-15,17,24H,6,11,16,18H2,1H3. The molecule has 8 heteroatoms. The lowest BCUT2D eigenvalue weighted by molar-refractivity contribution is -0.130. The second kappa shape index (κ2) is 9.85. The van der Waals surface area contributed by atoms with Crippen LogP contribution in [-0.2, 0) is 14.8 Å². The molecule has 0 radical (unpaired) electrons. The Balaban J connectivity index is 1.67. The zero-order chi connectivity index (χ0) is 23.4. The molecule has 1 unspecified atom stereocenters. The molecule has 1 aliphatic rings. The average Bonchev–Trinajstić information content (AvgIpc) is 3.33. The van der Waals surface area contributed by atoms with E-state index in [1.165, 1.54) is 19.2 Å². The molecule has 1 atom stereocenters. The summed E-state index contributed by atoms with van der Waals surface area (Å²) in [5.41, 5.74) is 1.39. The average molecular weight is 485 g/mol. The highest BCUT2D eigenvalue weighted by atomic mass is 35.5. The van der Waals surface area contributed by atoms with Gasteiger partial charge < -0.3 is 9.64 Å². The molecule has 172 valence electrons. The molecule has 0 N–H and O–H groups in total. The van der Waals surface area contributed by atoms with Crippen LogP contribution >= 0.6 is 11.6 Å². The van der Waals surface area contributed by atoms with Crippen LogP contribution in [0.25, 0.3) is 0 Å². The van der Waals surface area contributed by atoms with Crippen molar-refractivity contribution in [2.45, 2.75) is 23.8 Å². The molecular formula is C25H25ClN2O4S. The Hall–Kier alpha value is -3.03. The number of nitrogens with zero attached hydrogens (tertiary/aromatic N) is 2. The third-order valence-corrected chi connectivity index (χ3v) is 7.80. The van der Waals surface area contributed by atoms with E-state index >= 15 is 0 Å². The number of methoxy groups -OCH3 is 1. The van der Waals surface area contributed by atoms with Crippen LogP contribution < -0.4 is 9.04 Å². The number of anilines is 1. The molecule has 3 aromatic rings. The van der Waals surface area contributed by atoms with E-state index in [0.29, 0.717) is 23.0 Å². The van der Waals surface area contributed by atoms with E-state index in [2.05, 4.69) is 0 Å². The summed E-state index contributed by atoms with van der Waals surface area (Å²) < 4.78 is 33.5. The van der Waals surface area contributed by atoms with Gasteiger partial charge >= 0.3 is 0 Å². The van der Waals surface area contributed by atoms with E-state index in [4.69, 9.17) is 16.3 Å². The van der Waals surface area contributed by atoms with Crippen LogP contribution in [0.15, 0.2) is 83.8 Å². The van der Waals surface area contributed by atoms with Crippen molar-refractivity contribution < 1.29 is 17.9 Å². The van der Waals surface area contributed by atoms with Gasteiger partial charge in [-0.2, -0.15) is 0 Å². The molecule has 0 saturated carbocycles. The van der Waals surface area contributed by atoms with E-state index in [9.17, 15) is 13.2 Å². The molecule has 3 aromatic carbocycles. The van der Waals surface area contributed by atoms with Crippen LogP contribution in [0.1, 0.15) is 24.4 Å². The largest absolute Gasteiger partial charge is 0.497 e. The summed E-state index contributed by atoms with van der Waals surface area (Å²) in [5, 5.41) is 0.387. The molecule has 0 aliphatic carbocycles. The molecule has 1 saturated heterocycles. The van der Waals surface area contributed by atoms with E-state index in [0.717, 1.165) is 22.7 Å². The zero-order valence-electron chi connectivity index (χ0n) is 18.2. The van der Waals surface area contributed by atoms with Crippen molar-refractivity contribution in [1.82, 2.24) is 4.90 Å².